The molecule has 1 aromatic rings. The number of nitrogens with two attached hydrogens (primary N) is 4. The summed E-state index contributed by atoms with van der Waals surface area (Å²) in [6, 6.07) is 1.92. The van der Waals surface area contributed by atoms with E-state index in [0.29, 0.717) is 23.1 Å². The molecule has 4 rings (SSSR count). The molecule has 0 spiro atoms. The summed E-state index contributed by atoms with van der Waals surface area (Å²) in [5, 5.41) is 21.3. The van der Waals surface area contributed by atoms with Gasteiger partial charge in [-0.05, 0) is 44.5 Å². The van der Waals surface area contributed by atoms with Crippen molar-refractivity contribution in [3.63, 3.8) is 0 Å². The second kappa shape index (κ2) is 8.26. The van der Waals surface area contributed by atoms with Crippen molar-refractivity contribution in [1.82, 2.24) is 4.90 Å². The summed E-state index contributed by atoms with van der Waals surface area (Å²) in [5.74, 6) is -9.92. The molecule has 12 nitrogen and oxygen atoms in total. The third-order valence-electron chi connectivity index (χ3n) is 8.36. The van der Waals surface area contributed by atoms with Crippen LogP contribution in [-0.4, -0.2) is 70.3 Å². The molecule has 3 aliphatic rings. The lowest BCUT2D eigenvalue weighted by Crippen LogP contribution is -2.85. The zero-order valence-corrected chi connectivity index (χ0v) is 20.8. The van der Waals surface area contributed by atoms with Crippen LogP contribution in [0.2, 0.25) is 0 Å². The first-order chi connectivity index (χ1) is 17.2. The Balaban J connectivity index is 2.05. The summed E-state index contributed by atoms with van der Waals surface area (Å²) >= 11 is 0. The molecular formula is C25H30N6O6. The van der Waals surface area contributed by atoms with Crippen molar-refractivity contribution < 1.29 is 29.1 Å². The number of Topliss-reactive ketones (excluding diaryl/α,β-unsaturated/α-hetero) is 4. The number of nitriles is 1. The summed E-state index contributed by atoms with van der Waals surface area (Å²) in [4.78, 5) is 68.7. The van der Waals surface area contributed by atoms with Crippen LogP contribution in [0.25, 0.3) is 0 Å². The highest BCUT2D eigenvalue weighted by Gasteiger charge is 2.78. The summed E-state index contributed by atoms with van der Waals surface area (Å²) in [6.07, 6.45) is -0.0666. The number of likely N-dealkylation sites (N-methyl/N-ethyl adjacent to an activating group) is 1. The van der Waals surface area contributed by atoms with Crippen LogP contribution in [0.15, 0.2) is 6.07 Å². The van der Waals surface area contributed by atoms with Crippen LogP contribution < -0.4 is 22.9 Å². The Bertz CT molecular complexity index is 1330. The maximum atomic E-state index is 14.2. The fourth-order valence-corrected chi connectivity index (χ4v) is 6.88. The Morgan fingerprint density at radius 1 is 1.19 bits per heavy atom. The van der Waals surface area contributed by atoms with Gasteiger partial charge in [-0.15, -0.1) is 0 Å². The molecule has 37 heavy (non-hydrogen) atoms. The third-order valence-corrected chi connectivity index (χ3v) is 8.36. The van der Waals surface area contributed by atoms with Gasteiger partial charge in [0.25, 0.3) is 0 Å². The number of ketones is 4. The van der Waals surface area contributed by atoms with Crippen LogP contribution in [0.3, 0.4) is 0 Å². The maximum absolute atomic E-state index is 14.2. The Morgan fingerprint density at radius 3 is 2.30 bits per heavy atom. The van der Waals surface area contributed by atoms with E-state index in [0.717, 1.165) is 0 Å². The smallest absolute Gasteiger partial charge is 0.235 e. The van der Waals surface area contributed by atoms with Crippen LogP contribution in [0.1, 0.15) is 40.4 Å². The van der Waals surface area contributed by atoms with Gasteiger partial charge in [0.2, 0.25) is 5.91 Å². The van der Waals surface area contributed by atoms with E-state index in [1.807, 2.05) is 6.92 Å². The Hall–Kier alpha value is -3.50. The highest BCUT2D eigenvalue weighted by molar-refractivity contribution is 6.33. The number of amides is 1. The number of aromatic hydroxyl groups is 1. The largest absolute Gasteiger partial charge is 0.507 e. The quantitative estimate of drug-likeness (QED) is 0.273. The zero-order chi connectivity index (χ0) is 27.8. The fraction of sp³-hybridized carbons (Fsp3) is 0.520. The summed E-state index contributed by atoms with van der Waals surface area (Å²) < 4.78 is 0. The minimum Gasteiger partial charge on any atom is -0.507 e. The molecule has 0 bridgehead atoms. The van der Waals surface area contributed by atoms with Crippen LogP contribution >= 0.6 is 0 Å². The van der Waals surface area contributed by atoms with Crippen LogP contribution in [0.5, 0.6) is 5.75 Å². The molecular weight excluding hydrogens is 480 g/mol. The van der Waals surface area contributed by atoms with Crippen molar-refractivity contribution in [2.24, 2.45) is 40.2 Å². The van der Waals surface area contributed by atoms with Gasteiger partial charge in [0.1, 0.15) is 11.7 Å². The maximum Gasteiger partial charge on any atom is 0.235 e. The van der Waals surface area contributed by atoms with Gasteiger partial charge in [0.05, 0.1) is 23.2 Å². The molecule has 0 radical (unpaired) electrons. The Kier molecular flexibility index (Phi) is 5.93. The van der Waals surface area contributed by atoms with E-state index in [4.69, 9.17) is 22.9 Å². The molecule has 6 atom stereocenters. The van der Waals surface area contributed by atoms with Crippen LogP contribution in [-0.2, 0) is 38.6 Å². The number of primary amides is 1. The Morgan fingerprint density at radius 2 is 1.81 bits per heavy atom. The van der Waals surface area contributed by atoms with Gasteiger partial charge in [-0.2, -0.15) is 5.26 Å². The first-order valence-electron chi connectivity index (χ1n) is 11.9. The second-order valence-corrected chi connectivity index (χ2v) is 10.6. The highest BCUT2D eigenvalue weighted by atomic mass is 16.3. The van der Waals surface area contributed by atoms with Gasteiger partial charge < -0.3 is 28.0 Å². The SMILES string of the molecule is CCc1cc(CN)c(O)c2c1C[C@@]1(N)C[C@@]3(N)[C@H](N(C)C)C(=O)C(C(N)=O)C(=O)[C@@]3(C#N)C(=O)C1C2=O. The standard InChI is InChI=1S/C25H30N6O6/c1-4-10-5-11(7-26)16(32)13-12(10)6-23(29)8-25(30)19(31(2)3)18(34)14(22(28)37)20(35)24(25,9-27)21(36)15(23)17(13)33/h5,14-15,19,32H,4,6-8,26,29-30H2,1-3H3,(H2,28,37)/t14?,15?,19-,23-,24+,25-/m1/s1. The van der Waals surface area contributed by atoms with Gasteiger partial charge in [-0.3, -0.25) is 28.9 Å². The molecule has 0 aromatic heterocycles. The number of benzene rings is 1. The van der Waals surface area contributed by atoms with E-state index in [1.54, 1.807) is 12.1 Å². The number of carbonyl (C=O) groups excluding carboxylic acids is 5. The molecule has 2 fully saturated rings. The molecule has 2 saturated carbocycles. The highest BCUT2D eigenvalue weighted by Crippen LogP contribution is 2.56. The number of hydrogen-bond acceptors (Lipinski definition) is 11. The lowest BCUT2D eigenvalue weighted by Gasteiger charge is -2.60. The number of rotatable bonds is 4. The summed E-state index contributed by atoms with van der Waals surface area (Å²) in [5.41, 5.74) is 19.3. The molecule has 3 aliphatic carbocycles. The topological polar surface area (TPSA) is 237 Å². The van der Waals surface area contributed by atoms with E-state index in [9.17, 15) is 34.3 Å². The molecule has 12 heteroatoms. The molecule has 0 heterocycles. The molecule has 1 amide bonds. The second-order valence-electron chi connectivity index (χ2n) is 10.6. The lowest BCUT2D eigenvalue weighted by atomic mass is 9.42. The predicted octanol–water partition coefficient (Wildman–Crippen LogP) is -2.17. The van der Waals surface area contributed by atoms with Crippen molar-refractivity contribution >= 4 is 29.0 Å². The monoisotopic (exact) mass is 510 g/mol. The number of phenolic OH excluding ortho intramolecular Hbond substituents is 1. The normalized spacial score (nSPS) is 35.0. The minimum absolute atomic E-state index is 0.0782. The van der Waals surface area contributed by atoms with E-state index in [-0.39, 0.29) is 18.5 Å². The average molecular weight is 511 g/mol. The van der Waals surface area contributed by atoms with Gasteiger partial charge >= 0.3 is 0 Å². The van der Waals surface area contributed by atoms with Crippen molar-refractivity contribution in [1.29, 1.82) is 5.26 Å². The van der Waals surface area contributed by atoms with Gasteiger partial charge in [0, 0.05) is 17.6 Å². The molecule has 0 saturated heterocycles. The molecule has 2 unspecified atom stereocenters. The first-order valence-corrected chi connectivity index (χ1v) is 11.9. The Labute approximate surface area is 212 Å². The number of aryl methyl sites for hydroxylation is 1. The minimum atomic E-state index is -2.76. The van der Waals surface area contributed by atoms with Gasteiger partial charge in [-0.1, -0.05) is 13.0 Å². The van der Waals surface area contributed by atoms with Crippen molar-refractivity contribution in [3.05, 3.63) is 28.3 Å². The number of fused-ring (bicyclic) bond motifs is 3. The van der Waals surface area contributed by atoms with E-state index < -0.39 is 75.6 Å². The van der Waals surface area contributed by atoms with Gasteiger partial charge in [-0.25, -0.2) is 0 Å². The van der Waals surface area contributed by atoms with Crippen molar-refractivity contribution in [3.8, 4) is 11.8 Å². The number of carbonyl (C=O) groups is 5. The van der Waals surface area contributed by atoms with Crippen molar-refractivity contribution in [2.45, 2.75) is 49.9 Å². The van der Waals surface area contributed by atoms with E-state index in [2.05, 4.69) is 0 Å². The lowest BCUT2D eigenvalue weighted by molar-refractivity contribution is -0.166. The van der Waals surface area contributed by atoms with Gasteiger partial charge in [0.15, 0.2) is 34.5 Å². The van der Waals surface area contributed by atoms with Crippen LogP contribution in [0.4, 0.5) is 0 Å². The van der Waals surface area contributed by atoms with E-state index in [1.165, 1.54) is 19.0 Å². The molecule has 1 aromatic carbocycles. The fourth-order valence-electron chi connectivity index (χ4n) is 6.88. The van der Waals surface area contributed by atoms with E-state index >= 15 is 0 Å². The third kappa shape index (κ3) is 3.05. The first kappa shape index (κ1) is 26.6. The number of hydrogen-bond donors (Lipinski definition) is 5. The molecule has 196 valence electrons. The number of nitrogens with zero attached hydrogens (tertiary/aromatic N) is 2. The summed E-state index contributed by atoms with van der Waals surface area (Å²) in [6.45, 7) is 1.76. The zero-order valence-electron chi connectivity index (χ0n) is 20.8. The predicted molar refractivity (Wildman–Crippen MR) is 129 cm³/mol. The number of phenols is 1. The summed E-state index contributed by atoms with van der Waals surface area (Å²) in [7, 11) is 2.91. The van der Waals surface area contributed by atoms with Crippen molar-refractivity contribution in [2.75, 3.05) is 14.1 Å². The molecule has 0 aliphatic heterocycles. The average Bonchev–Trinajstić information content (AvgIpc) is 2.78. The molecule has 9 N–H and O–H groups in total. The van der Waals surface area contributed by atoms with Crippen LogP contribution in [0, 0.1) is 28.6 Å².